The number of hydrogen-bond donors (Lipinski definition) is 0. The first-order valence-corrected chi connectivity index (χ1v) is 9.53. The number of aromatic nitrogens is 2. The SMILES string of the molecule is CCN(CC)c1ccc(C=Cc2nc3ccc(OCCF)cc3s2)cn1. The molecule has 0 N–H and O–H groups in total. The fraction of sp³-hybridized carbons (Fsp3) is 0.300. The first-order valence-electron chi connectivity index (χ1n) is 8.72. The average molecular weight is 371 g/mol. The van der Waals surface area contributed by atoms with Crippen LogP contribution < -0.4 is 9.64 Å². The normalized spacial score (nSPS) is 11.3. The van der Waals surface area contributed by atoms with Crippen molar-refractivity contribution in [2.24, 2.45) is 0 Å². The van der Waals surface area contributed by atoms with E-state index in [1.807, 2.05) is 42.6 Å². The molecule has 0 spiro atoms. The minimum Gasteiger partial charge on any atom is -0.491 e. The fourth-order valence-electron chi connectivity index (χ4n) is 2.64. The molecule has 4 nitrogen and oxygen atoms in total. The van der Waals surface area contributed by atoms with E-state index >= 15 is 0 Å². The Morgan fingerprint density at radius 2 is 2.00 bits per heavy atom. The molecule has 0 aliphatic rings. The van der Waals surface area contributed by atoms with Crippen molar-refractivity contribution in [3.8, 4) is 5.75 Å². The first-order chi connectivity index (χ1) is 12.7. The molecule has 1 aromatic carbocycles. The molecule has 0 amide bonds. The summed E-state index contributed by atoms with van der Waals surface area (Å²) in [6.07, 6.45) is 5.87. The van der Waals surface area contributed by atoms with Gasteiger partial charge in [0.1, 0.15) is 29.9 Å². The van der Waals surface area contributed by atoms with E-state index in [-0.39, 0.29) is 6.61 Å². The topological polar surface area (TPSA) is 38.2 Å². The smallest absolute Gasteiger partial charge is 0.128 e. The second kappa shape index (κ2) is 8.76. The van der Waals surface area contributed by atoms with E-state index in [4.69, 9.17) is 4.74 Å². The van der Waals surface area contributed by atoms with Crippen molar-refractivity contribution in [1.29, 1.82) is 0 Å². The molecule has 0 radical (unpaired) electrons. The predicted octanol–water partition coefficient (Wildman–Crippen LogP) is 5.06. The Bertz CT molecular complexity index is 872. The Kier molecular flexibility index (Phi) is 6.17. The Morgan fingerprint density at radius 1 is 1.15 bits per heavy atom. The van der Waals surface area contributed by atoms with E-state index in [1.54, 1.807) is 11.3 Å². The highest BCUT2D eigenvalue weighted by Crippen LogP contribution is 2.27. The third kappa shape index (κ3) is 4.38. The Morgan fingerprint density at radius 3 is 2.69 bits per heavy atom. The molecule has 3 rings (SSSR count). The average Bonchev–Trinajstić information content (AvgIpc) is 3.09. The number of hydrogen-bond acceptors (Lipinski definition) is 5. The monoisotopic (exact) mass is 371 g/mol. The summed E-state index contributed by atoms with van der Waals surface area (Å²) in [5, 5.41) is 0.912. The standard InChI is InChI=1S/C20H22FN3OS/c1-3-24(4-2)19-9-5-15(14-22-19)6-10-20-23-17-8-7-16(25-12-11-21)13-18(17)26-20/h5-10,13-14H,3-4,11-12H2,1-2H3. The molecule has 0 aliphatic carbocycles. The summed E-state index contributed by atoms with van der Waals surface area (Å²) in [5.74, 6) is 1.67. The minimum absolute atomic E-state index is 0.0769. The third-order valence-corrected chi connectivity index (χ3v) is 4.98. The van der Waals surface area contributed by atoms with Gasteiger partial charge in [0.05, 0.1) is 10.2 Å². The molecule has 2 heterocycles. The molecule has 0 saturated heterocycles. The van der Waals surface area contributed by atoms with Crippen LogP contribution in [0.25, 0.3) is 22.4 Å². The largest absolute Gasteiger partial charge is 0.491 e. The van der Waals surface area contributed by atoms with E-state index < -0.39 is 6.67 Å². The lowest BCUT2D eigenvalue weighted by Crippen LogP contribution is -2.22. The molecule has 0 aliphatic heterocycles. The highest BCUT2D eigenvalue weighted by atomic mass is 32.1. The molecule has 26 heavy (non-hydrogen) atoms. The van der Waals surface area contributed by atoms with Gasteiger partial charge in [-0.1, -0.05) is 6.08 Å². The first kappa shape index (κ1) is 18.3. The van der Waals surface area contributed by atoms with Gasteiger partial charge in [0.2, 0.25) is 0 Å². The second-order valence-electron chi connectivity index (χ2n) is 5.67. The molecular weight excluding hydrogens is 349 g/mol. The Balaban J connectivity index is 1.73. The Hall–Kier alpha value is -2.47. The van der Waals surface area contributed by atoms with Crippen molar-refractivity contribution in [2.75, 3.05) is 31.3 Å². The molecule has 6 heteroatoms. The van der Waals surface area contributed by atoms with Gasteiger partial charge in [0.25, 0.3) is 0 Å². The van der Waals surface area contributed by atoms with E-state index in [9.17, 15) is 4.39 Å². The van der Waals surface area contributed by atoms with Crippen LogP contribution in [-0.4, -0.2) is 36.3 Å². The number of anilines is 1. The Labute approximate surface area is 157 Å². The van der Waals surface area contributed by atoms with Crippen LogP contribution in [0.3, 0.4) is 0 Å². The van der Waals surface area contributed by atoms with Crippen LogP contribution in [0.2, 0.25) is 0 Å². The summed E-state index contributed by atoms with van der Waals surface area (Å²) in [7, 11) is 0. The molecule has 0 saturated carbocycles. The third-order valence-electron chi connectivity index (χ3n) is 4.00. The maximum Gasteiger partial charge on any atom is 0.128 e. The highest BCUT2D eigenvalue weighted by molar-refractivity contribution is 7.19. The maximum atomic E-state index is 12.2. The van der Waals surface area contributed by atoms with Gasteiger partial charge in [-0.3, -0.25) is 0 Å². The molecule has 0 fully saturated rings. The summed E-state index contributed by atoms with van der Waals surface area (Å²) < 4.78 is 18.6. The van der Waals surface area contributed by atoms with Crippen molar-refractivity contribution in [1.82, 2.24) is 9.97 Å². The number of alkyl halides is 1. The molecular formula is C20H22FN3OS. The summed E-state index contributed by atoms with van der Waals surface area (Å²) >= 11 is 1.58. The van der Waals surface area contributed by atoms with Gasteiger partial charge in [0.15, 0.2) is 0 Å². The van der Waals surface area contributed by atoms with Crippen molar-refractivity contribution in [3.05, 3.63) is 47.1 Å². The zero-order chi connectivity index (χ0) is 18.4. The van der Waals surface area contributed by atoms with E-state index in [0.29, 0.717) is 5.75 Å². The lowest BCUT2D eigenvalue weighted by molar-refractivity contribution is 0.273. The summed E-state index contributed by atoms with van der Waals surface area (Å²) in [5.41, 5.74) is 1.95. The number of ether oxygens (including phenoxy) is 1. The quantitative estimate of drug-likeness (QED) is 0.555. The number of thiazole rings is 1. The summed E-state index contributed by atoms with van der Waals surface area (Å²) in [6, 6.07) is 9.73. The van der Waals surface area contributed by atoms with Crippen LogP contribution >= 0.6 is 11.3 Å². The zero-order valence-corrected chi connectivity index (χ0v) is 15.8. The summed E-state index contributed by atoms with van der Waals surface area (Å²) in [4.78, 5) is 11.3. The molecule has 0 bridgehead atoms. The molecule has 136 valence electrons. The lowest BCUT2D eigenvalue weighted by atomic mass is 10.2. The molecule has 3 aromatic rings. The number of fused-ring (bicyclic) bond motifs is 1. The summed E-state index contributed by atoms with van der Waals surface area (Å²) in [6.45, 7) is 5.73. The van der Waals surface area contributed by atoms with Crippen LogP contribution in [0.15, 0.2) is 36.5 Å². The lowest BCUT2D eigenvalue weighted by Gasteiger charge is -2.19. The number of halogens is 1. The van der Waals surface area contributed by atoms with Crippen molar-refractivity contribution in [3.63, 3.8) is 0 Å². The number of nitrogens with zero attached hydrogens (tertiary/aromatic N) is 3. The highest BCUT2D eigenvalue weighted by Gasteiger charge is 2.04. The molecule has 0 atom stereocenters. The van der Waals surface area contributed by atoms with Crippen molar-refractivity contribution >= 4 is 39.5 Å². The van der Waals surface area contributed by atoms with Crippen LogP contribution in [0.4, 0.5) is 10.2 Å². The van der Waals surface area contributed by atoms with Gasteiger partial charge in [-0.05, 0) is 55.8 Å². The van der Waals surface area contributed by atoms with E-state index in [0.717, 1.165) is 39.7 Å². The van der Waals surface area contributed by atoms with Gasteiger partial charge >= 0.3 is 0 Å². The predicted molar refractivity (Wildman–Crippen MR) is 108 cm³/mol. The van der Waals surface area contributed by atoms with Crippen LogP contribution in [0, 0.1) is 0 Å². The second-order valence-corrected chi connectivity index (χ2v) is 6.74. The van der Waals surface area contributed by atoms with E-state index in [2.05, 4.69) is 34.8 Å². The zero-order valence-electron chi connectivity index (χ0n) is 15.0. The van der Waals surface area contributed by atoms with Gasteiger partial charge in [0, 0.05) is 19.3 Å². The number of rotatable bonds is 8. The van der Waals surface area contributed by atoms with Gasteiger partial charge in [-0.25, -0.2) is 14.4 Å². The maximum absolute atomic E-state index is 12.2. The van der Waals surface area contributed by atoms with Gasteiger partial charge in [-0.2, -0.15) is 0 Å². The van der Waals surface area contributed by atoms with Gasteiger partial charge < -0.3 is 9.64 Å². The van der Waals surface area contributed by atoms with Crippen molar-refractivity contribution in [2.45, 2.75) is 13.8 Å². The minimum atomic E-state index is -0.490. The fourth-order valence-corrected chi connectivity index (χ4v) is 3.54. The van der Waals surface area contributed by atoms with Gasteiger partial charge in [-0.15, -0.1) is 11.3 Å². The molecule has 0 unspecified atom stereocenters. The van der Waals surface area contributed by atoms with Crippen LogP contribution in [-0.2, 0) is 0 Å². The number of pyridine rings is 1. The van der Waals surface area contributed by atoms with Crippen LogP contribution in [0.5, 0.6) is 5.75 Å². The molecule has 2 aromatic heterocycles. The van der Waals surface area contributed by atoms with Crippen LogP contribution in [0.1, 0.15) is 24.4 Å². The van der Waals surface area contributed by atoms with E-state index in [1.165, 1.54) is 0 Å². The van der Waals surface area contributed by atoms with Crippen molar-refractivity contribution < 1.29 is 9.13 Å². The number of benzene rings is 1.